The first-order valence-electron chi connectivity index (χ1n) is 7.73. The van der Waals surface area contributed by atoms with Crippen LogP contribution in [0.3, 0.4) is 0 Å². The van der Waals surface area contributed by atoms with Crippen molar-refractivity contribution < 1.29 is 14.0 Å². The molecule has 25 heavy (non-hydrogen) atoms. The fourth-order valence-corrected chi connectivity index (χ4v) is 4.11. The molecular formula is C18H16ClNO3S2. The monoisotopic (exact) mass is 393 g/mol. The quantitative estimate of drug-likeness (QED) is 0.491. The Balaban J connectivity index is 1.62. The van der Waals surface area contributed by atoms with Gasteiger partial charge in [-0.2, -0.15) is 0 Å². The number of carbonyl (C=O) groups is 2. The van der Waals surface area contributed by atoms with E-state index in [0.29, 0.717) is 22.3 Å². The van der Waals surface area contributed by atoms with E-state index in [1.54, 1.807) is 40.7 Å². The number of halogens is 1. The van der Waals surface area contributed by atoms with Crippen molar-refractivity contribution in [3.8, 4) is 0 Å². The summed E-state index contributed by atoms with van der Waals surface area (Å²) in [5, 5.41) is 1.98. The molecule has 4 nitrogen and oxygen atoms in total. The molecule has 0 radical (unpaired) electrons. The topological polar surface area (TPSA) is 50.5 Å². The number of hydrogen-bond donors (Lipinski definition) is 0. The van der Waals surface area contributed by atoms with Gasteiger partial charge in [-0.05, 0) is 35.7 Å². The second kappa shape index (κ2) is 8.47. The highest BCUT2D eigenvalue weighted by molar-refractivity contribution is 7.18. The second-order valence-electron chi connectivity index (χ2n) is 5.44. The summed E-state index contributed by atoms with van der Waals surface area (Å²) in [7, 11) is 0. The third-order valence-corrected chi connectivity index (χ3v) is 5.75. The molecule has 7 heteroatoms. The Labute approximate surface area is 158 Å². The van der Waals surface area contributed by atoms with Gasteiger partial charge in [0, 0.05) is 17.7 Å². The van der Waals surface area contributed by atoms with Gasteiger partial charge in [0.05, 0.1) is 28.6 Å². The largest absolute Gasteiger partial charge is 0.467 e. The first-order chi connectivity index (χ1) is 12.1. The molecule has 3 rings (SSSR count). The van der Waals surface area contributed by atoms with Crippen molar-refractivity contribution in [2.45, 2.75) is 25.9 Å². The van der Waals surface area contributed by atoms with Gasteiger partial charge in [-0.3, -0.25) is 9.59 Å². The van der Waals surface area contributed by atoms with E-state index in [4.69, 9.17) is 16.0 Å². The number of carbonyl (C=O) groups excluding carboxylic acids is 2. The Morgan fingerprint density at radius 2 is 1.96 bits per heavy atom. The lowest BCUT2D eigenvalue weighted by atomic mass is 10.1. The lowest BCUT2D eigenvalue weighted by molar-refractivity contribution is -0.132. The molecule has 0 unspecified atom stereocenters. The minimum Gasteiger partial charge on any atom is -0.467 e. The van der Waals surface area contributed by atoms with E-state index in [2.05, 4.69) is 0 Å². The molecular weight excluding hydrogens is 378 g/mol. The molecule has 130 valence electrons. The van der Waals surface area contributed by atoms with E-state index in [0.717, 1.165) is 10.6 Å². The first-order valence-corrected chi connectivity index (χ1v) is 9.80. The molecule has 3 aromatic rings. The molecule has 0 bridgehead atoms. The molecule has 0 spiro atoms. The van der Waals surface area contributed by atoms with Crippen LogP contribution in [-0.2, 0) is 17.9 Å². The molecule has 0 aliphatic heterocycles. The summed E-state index contributed by atoms with van der Waals surface area (Å²) in [6.07, 6.45) is 1.93. The van der Waals surface area contributed by atoms with E-state index in [1.165, 1.54) is 11.3 Å². The summed E-state index contributed by atoms with van der Waals surface area (Å²) < 4.78 is 5.94. The molecule has 3 heterocycles. The van der Waals surface area contributed by atoms with Crippen LogP contribution in [0.2, 0.25) is 4.34 Å². The number of rotatable bonds is 8. The van der Waals surface area contributed by atoms with Crippen LogP contribution in [0, 0.1) is 0 Å². The van der Waals surface area contributed by atoms with E-state index >= 15 is 0 Å². The zero-order valence-electron chi connectivity index (χ0n) is 13.3. The van der Waals surface area contributed by atoms with E-state index in [9.17, 15) is 9.59 Å². The number of amides is 1. The van der Waals surface area contributed by atoms with E-state index in [1.807, 2.05) is 23.6 Å². The molecule has 0 saturated heterocycles. The maximum absolute atomic E-state index is 12.7. The second-order valence-corrected chi connectivity index (χ2v) is 8.18. The van der Waals surface area contributed by atoms with Gasteiger partial charge in [-0.15, -0.1) is 22.7 Å². The zero-order chi connectivity index (χ0) is 17.6. The number of Topliss-reactive ketones (excluding diaryl/α,β-unsaturated/α-hetero) is 1. The molecule has 3 aromatic heterocycles. The summed E-state index contributed by atoms with van der Waals surface area (Å²) in [5.74, 6) is 0.599. The lowest BCUT2D eigenvalue weighted by Gasteiger charge is -2.21. The van der Waals surface area contributed by atoms with Crippen molar-refractivity contribution in [3.05, 3.63) is 67.9 Å². The predicted molar refractivity (Wildman–Crippen MR) is 100 cm³/mol. The molecule has 0 aliphatic carbocycles. The summed E-state index contributed by atoms with van der Waals surface area (Å²) in [4.78, 5) is 28.2. The number of furan rings is 1. The first kappa shape index (κ1) is 17.9. The Bertz CT molecular complexity index is 788. The van der Waals surface area contributed by atoms with Crippen molar-refractivity contribution in [2.75, 3.05) is 0 Å². The van der Waals surface area contributed by atoms with Crippen molar-refractivity contribution in [3.63, 3.8) is 0 Å². The Kier molecular flexibility index (Phi) is 6.07. The van der Waals surface area contributed by atoms with E-state index in [-0.39, 0.29) is 24.5 Å². The molecule has 0 saturated carbocycles. The van der Waals surface area contributed by atoms with Crippen molar-refractivity contribution in [1.29, 1.82) is 0 Å². The predicted octanol–water partition coefficient (Wildman–Crippen LogP) is 5.25. The van der Waals surface area contributed by atoms with Crippen molar-refractivity contribution >= 4 is 46.0 Å². The van der Waals surface area contributed by atoms with Gasteiger partial charge >= 0.3 is 0 Å². The molecule has 0 fully saturated rings. The van der Waals surface area contributed by atoms with Crippen LogP contribution in [0.25, 0.3) is 0 Å². The minimum atomic E-state index is -0.0687. The van der Waals surface area contributed by atoms with Crippen LogP contribution in [0.15, 0.2) is 52.5 Å². The number of ketones is 1. The van der Waals surface area contributed by atoms with Gasteiger partial charge in [0.2, 0.25) is 5.91 Å². The SMILES string of the molecule is O=C(CCC(=O)N(Cc1ccco1)Cc1cccs1)c1ccc(Cl)s1. The molecule has 1 amide bonds. The van der Waals surface area contributed by atoms with Crippen LogP contribution < -0.4 is 0 Å². The van der Waals surface area contributed by atoms with Gasteiger partial charge in [0.15, 0.2) is 5.78 Å². The van der Waals surface area contributed by atoms with Crippen molar-refractivity contribution in [2.24, 2.45) is 0 Å². The Morgan fingerprint density at radius 3 is 2.60 bits per heavy atom. The van der Waals surface area contributed by atoms with Gasteiger partial charge in [0.25, 0.3) is 0 Å². The summed E-state index contributed by atoms with van der Waals surface area (Å²) in [6, 6.07) is 11.0. The molecule has 0 atom stereocenters. The van der Waals surface area contributed by atoms with Gasteiger partial charge in [-0.1, -0.05) is 17.7 Å². The normalized spacial score (nSPS) is 10.8. The molecule has 0 N–H and O–H groups in total. The number of hydrogen-bond acceptors (Lipinski definition) is 5. The third-order valence-electron chi connectivity index (χ3n) is 3.62. The Morgan fingerprint density at radius 1 is 1.08 bits per heavy atom. The highest BCUT2D eigenvalue weighted by atomic mass is 35.5. The van der Waals surface area contributed by atoms with Crippen LogP contribution in [0.5, 0.6) is 0 Å². The maximum atomic E-state index is 12.7. The molecule has 0 aromatic carbocycles. The highest BCUT2D eigenvalue weighted by Gasteiger charge is 2.18. The average molecular weight is 394 g/mol. The van der Waals surface area contributed by atoms with Gasteiger partial charge in [0.1, 0.15) is 5.76 Å². The number of nitrogens with zero attached hydrogens (tertiary/aromatic N) is 1. The fraction of sp³-hybridized carbons (Fsp3) is 0.222. The maximum Gasteiger partial charge on any atom is 0.223 e. The highest BCUT2D eigenvalue weighted by Crippen LogP contribution is 2.23. The Hall–Kier alpha value is -1.89. The van der Waals surface area contributed by atoms with Crippen molar-refractivity contribution in [1.82, 2.24) is 4.90 Å². The fourth-order valence-electron chi connectivity index (χ4n) is 2.38. The average Bonchev–Trinajstić information content (AvgIpc) is 3.34. The van der Waals surface area contributed by atoms with Crippen LogP contribution in [0.1, 0.15) is 33.2 Å². The molecule has 0 aliphatic rings. The summed E-state index contributed by atoms with van der Waals surface area (Å²) >= 11 is 8.70. The van der Waals surface area contributed by atoms with Crippen LogP contribution in [0.4, 0.5) is 0 Å². The minimum absolute atomic E-state index is 0.0562. The third kappa shape index (κ3) is 5.04. The lowest BCUT2D eigenvalue weighted by Crippen LogP contribution is -2.29. The smallest absolute Gasteiger partial charge is 0.223 e. The summed E-state index contributed by atoms with van der Waals surface area (Å²) in [6.45, 7) is 0.902. The van der Waals surface area contributed by atoms with Crippen LogP contribution >= 0.6 is 34.3 Å². The summed E-state index contributed by atoms with van der Waals surface area (Å²) in [5.41, 5.74) is 0. The standard InChI is InChI=1S/C18H16ClNO3S2/c19-17-7-6-16(25-17)15(21)5-8-18(22)20(11-13-3-1-9-23-13)12-14-4-2-10-24-14/h1-4,6-7,9-10H,5,8,11-12H2. The van der Waals surface area contributed by atoms with Crippen LogP contribution in [-0.4, -0.2) is 16.6 Å². The number of thiophene rings is 2. The van der Waals surface area contributed by atoms with Gasteiger partial charge in [-0.25, -0.2) is 0 Å². The zero-order valence-corrected chi connectivity index (χ0v) is 15.7. The van der Waals surface area contributed by atoms with E-state index < -0.39 is 0 Å². The van der Waals surface area contributed by atoms with Gasteiger partial charge < -0.3 is 9.32 Å².